The van der Waals surface area contributed by atoms with Crippen LogP contribution in [0, 0.1) is 152 Å². The number of anilines is 1. The van der Waals surface area contributed by atoms with Crippen LogP contribution in [-0.2, 0) is 28.7 Å². The minimum Gasteiger partial charge on any atom is -0.444 e. The SMILES string of the molecule is CC(C)[C@@H]1CN(C(=O)C2(C)CC2)C[C@@H]1CF.CC(C)[C@@H]1CN(C(=O)C2(C)CC2)C[C@]1(C)F.CC(C)[C@@H]1CN(C(=O)C2CC2(C)F)CC12CCC2.CC(C)[C@@H]1CN(C(=O)C2CC2)CC12CCC2.CC[C@H]1CN(C(=O)C2(C)CC2)C[C@H]1C(C)C.CC[C@H]1CN(C(=O)OC(C)(C)C)C[C@H]1C(C)C.CC[C@H]1CN(c2ncc(C)s2)C[C@H]1C(C)C. The first-order valence-electron chi connectivity index (χ1n) is 46.6. The molecule has 0 radical (unpaired) electrons. The average molecular weight is 1630 g/mol. The van der Waals surface area contributed by atoms with Gasteiger partial charge in [-0.15, -0.1) is 11.3 Å². The highest BCUT2D eigenvalue weighted by molar-refractivity contribution is 7.15. The number of halogens is 3. The molecule has 7 aliphatic carbocycles. The Hall–Kier alpha value is -4.16. The first-order valence-corrected chi connectivity index (χ1v) is 47.4. The highest BCUT2D eigenvalue weighted by Crippen LogP contribution is 2.58. The second kappa shape index (κ2) is 37.7. The molecular formula is C96H165F3N8O7S. The van der Waals surface area contributed by atoms with Crippen LogP contribution in [0.2, 0.25) is 0 Å². The maximum Gasteiger partial charge on any atom is 0.410 e. The summed E-state index contributed by atoms with van der Waals surface area (Å²) in [5.74, 6) is 11.9. The van der Waals surface area contributed by atoms with Gasteiger partial charge >= 0.3 is 6.09 Å². The third kappa shape index (κ3) is 23.0. The number of aromatic nitrogens is 1. The Morgan fingerprint density at radius 1 is 0.461 bits per heavy atom. The van der Waals surface area contributed by atoms with E-state index >= 15 is 0 Å². The highest BCUT2D eigenvalue weighted by atomic mass is 32.1. The Balaban J connectivity index is 0.000000154. The molecule has 1 aromatic heterocycles. The van der Waals surface area contributed by atoms with Gasteiger partial charge in [-0.05, 0) is 231 Å². The number of thiazole rings is 1. The quantitative estimate of drug-likeness (QED) is 0.149. The standard InChI is InChI=1S/C15H24FNO.C14H27NO2.C14H23NO.C14H25NO.2C13H22FNO.C13H22N2S/c1-10(2)12-8-17(9-15(12)5-4-6-15)13(18)11-7-14(11,3)16;1-7-11-8-15(9-12(11)10(2)3)13(16)17-14(4,5)6;1-10(2)12-8-15(13(16)11-4-5-11)9-14(12)6-3-7-14;1-5-11-8-15(9-12(11)10(2)3)13(16)14(4)6-7-14;1-9(2)10-7-15(8-13(10,4)14)11(16)12(3)5-6-12;1-9(2)11-8-15(7-10(11)6-14)12(16)13(3)4-5-13;1-5-11-7-15(8-12(11)9(2)3)13-14-6-10(4)16-13/h10-12H,4-9H2,1-3H3;10-12H,7-9H2,1-6H3;10-12H,3-9H2,1-2H3;10-12H,5-9H2,1-4H3;9-10H,5-8H2,1-4H3;9-11H,4-8H2,1-3H3;6,9,11-12H,5,7-8H2,1-4H3/t11?,12-,14?;11-,12-;12-;11-,12-;10-,13-;10-,11-;11-,12-/m0000000/s1. The molecule has 15 rings (SSSR count). The summed E-state index contributed by atoms with van der Waals surface area (Å²) in [5, 5.41) is 1.22. The molecule has 7 saturated heterocycles. The molecule has 658 valence electrons. The summed E-state index contributed by atoms with van der Waals surface area (Å²) in [6.45, 7) is 67.3. The van der Waals surface area contributed by atoms with E-state index in [9.17, 15) is 41.9 Å². The fourth-order valence-corrected chi connectivity index (χ4v) is 22.7. The maximum atomic E-state index is 14.4. The lowest BCUT2D eigenvalue weighted by atomic mass is 9.60. The minimum atomic E-state index is -1.22. The summed E-state index contributed by atoms with van der Waals surface area (Å²) >= 11 is 1.83. The summed E-state index contributed by atoms with van der Waals surface area (Å²) in [4.78, 5) is 93.2. The number of amides is 6. The van der Waals surface area contributed by atoms with Crippen molar-refractivity contribution in [3.63, 3.8) is 0 Å². The van der Waals surface area contributed by atoms with Gasteiger partial charge in [0.05, 0.1) is 19.1 Å². The molecule has 6 amide bonds. The summed E-state index contributed by atoms with van der Waals surface area (Å²) < 4.78 is 46.4. The zero-order valence-corrected chi connectivity index (χ0v) is 78.3. The Kier molecular flexibility index (Phi) is 31.0. The van der Waals surface area contributed by atoms with Crippen molar-refractivity contribution >= 4 is 52.1 Å². The number of carbonyl (C=O) groups excluding carboxylic acids is 6. The van der Waals surface area contributed by atoms with Crippen molar-refractivity contribution in [3.8, 4) is 0 Å². The Labute approximate surface area is 701 Å². The lowest BCUT2D eigenvalue weighted by molar-refractivity contribution is -0.136. The number of alkyl halides is 3. The van der Waals surface area contributed by atoms with Crippen LogP contribution in [0.15, 0.2) is 6.20 Å². The Morgan fingerprint density at radius 2 is 0.826 bits per heavy atom. The molecule has 7 saturated carbocycles. The molecule has 14 fully saturated rings. The smallest absolute Gasteiger partial charge is 0.410 e. The van der Waals surface area contributed by atoms with Gasteiger partial charge in [0.1, 0.15) is 16.9 Å². The third-order valence-corrected chi connectivity index (χ3v) is 32.3. The molecule has 115 heavy (non-hydrogen) atoms. The number of likely N-dealkylation sites (tertiary alicyclic amines) is 6. The van der Waals surface area contributed by atoms with Crippen molar-refractivity contribution in [3.05, 3.63) is 11.1 Å². The fraction of sp³-hybridized carbons (Fsp3) is 0.906. The molecule has 1 aromatic rings. The molecule has 2 unspecified atom stereocenters. The van der Waals surface area contributed by atoms with Crippen molar-refractivity contribution < 1.29 is 46.7 Å². The van der Waals surface area contributed by atoms with Crippen LogP contribution in [-0.4, -0.2) is 185 Å². The van der Waals surface area contributed by atoms with Crippen molar-refractivity contribution in [1.82, 2.24) is 34.4 Å². The number of carbonyl (C=O) groups is 6. The van der Waals surface area contributed by atoms with Crippen LogP contribution >= 0.6 is 11.3 Å². The van der Waals surface area contributed by atoms with Crippen LogP contribution in [0.3, 0.4) is 0 Å². The second-order valence-corrected chi connectivity index (χ2v) is 45.6. The summed E-state index contributed by atoms with van der Waals surface area (Å²) in [5.41, 5.74) is -2.17. The van der Waals surface area contributed by atoms with Gasteiger partial charge in [0.25, 0.3) is 0 Å². The van der Waals surface area contributed by atoms with Crippen LogP contribution in [0.25, 0.3) is 0 Å². The summed E-state index contributed by atoms with van der Waals surface area (Å²) in [6, 6.07) is 0. The maximum absolute atomic E-state index is 14.4. The monoisotopic (exact) mass is 1630 g/mol. The predicted octanol–water partition coefficient (Wildman–Crippen LogP) is 20.8. The molecule has 0 bridgehead atoms. The third-order valence-electron chi connectivity index (χ3n) is 31.3. The zero-order valence-electron chi connectivity index (χ0n) is 77.4. The summed E-state index contributed by atoms with van der Waals surface area (Å²) in [7, 11) is 0. The highest BCUT2D eigenvalue weighted by Gasteiger charge is 2.61. The number of hydrogen-bond donors (Lipinski definition) is 0. The molecule has 15 nitrogen and oxygen atoms in total. The molecular weight excluding hydrogens is 1470 g/mol. The molecule has 0 aromatic carbocycles. The van der Waals surface area contributed by atoms with Crippen molar-refractivity contribution in [1.29, 1.82) is 0 Å². The molecule has 0 N–H and O–H groups in total. The van der Waals surface area contributed by atoms with Gasteiger partial charge in [-0.3, -0.25) is 28.4 Å². The predicted molar refractivity (Wildman–Crippen MR) is 463 cm³/mol. The number of ether oxygens (including phenoxy) is 1. The first-order chi connectivity index (χ1) is 53.5. The van der Waals surface area contributed by atoms with Gasteiger partial charge in [0.2, 0.25) is 29.5 Å². The molecule has 2 spiro atoms. The second-order valence-electron chi connectivity index (χ2n) is 44.4. The van der Waals surface area contributed by atoms with Gasteiger partial charge in [0.15, 0.2) is 5.13 Å². The van der Waals surface area contributed by atoms with E-state index in [-0.39, 0.29) is 71.0 Å². The molecule has 7 aliphatic heterocycles. The fourth-order valence-electron chi connectivity index (χ4n) is 21.9. The normalized spacial score (nSPS) is 32.4. The minimum absolute atomic E-state index is 0.0150. The number of nitrogens with zero attached hydrogens (tertiary/aromatic N) is 8. The van der Waals surface area contributed by atoms with Gasteiger partial charge in [0, 0.05) is 130 Å². The van der Waals surface area contributed by atoms with Gasteiger partial charge < -0.3 is 39.0 Å². The van der Waals surface area contributed by atoms with E-state index < -0.39 is 16.9 Å². The van der Waals surface area contributed by atoms with Crippen LogP contribution in [0.1, 0.15) is 294 Å². The van der Waals surface area contributed by atoms with Crippen LogP contribution in [0.5, 0.6) is 0 Å². The number of aryl methyl sites for hydroxylation is 1. The number of hydrogen-bond acceptors (Lipinski definition) is 10. The van der Waals surface area contributed by atoms with Gasteiger partial charge in [-0.1, -0.05) is 171 Å². The lowest BCUT2D eigenvalue weighted by Crippen LogP contribution is -2.40. The van der Waals surface area contributed by atoms with E-state index in [1.54, 1.807) is 18.7 Å². The van der Waals surface area contributed by atoms with Gasteiger partial charge in [-0.2, -0.15) is 0 Å². The van der Waals surface area contributed by atoms with E-state index in [0.717, 1.165) is 158 Å². The number of rotatable bonds is 17. The van der Waals surface area contributed by atoms with Crippen LogP contribution < -0.4 is 4.90 Å². The van der Waals surface area contributed by atoms with E-state index in [4.69, 9.17) is 4.74 Å². The molecule has 14 aliphatic rings. The first kappa shape index (κ1) is 94.7. The van der Waals surface area contributed by atoms with E-state index in [0.29, 0.717) is 101 Å². The van der Waals surface area contributed by atoms with Gasteiger partial charge in [-0.25, -0.2) is 18.6 Å². The Morgan fingerprint density at radius 3 is 1.12 bits per heavy atom. The van der Waals surface area contributed by atoms with E-state index in [1.165, 1.54) is 74.5 Å². The molecule has 8 heterocycles. The Bertz CT molecular complexity index is 3330. The zero-order chi connectivity index (χ0) is 85.4. The average Bonchev–Trinajstić information content (AvgIpc) is 1.60. The van der Waals surface area contributed by atoms with E-state index in [1.807, 2.05) is 80.7 Å². The van der Waals surface area contributed by atoms with Crippen molar-refractivity contribution in [2.45, 2.75) is 313 Å². The largest absolute Gasteiger partial charge is 0.444 e. The summed E-state index contributed by atoms with van der Waals surface area (Å²) in [6.07, 6.45) is 22.3. The van der Waals surface area contributed by atoms with Crippen molar-refractivity contribution in [2.75, 3.05) is 103 Å². The van der Waals surface area contributed by atoms with Crippen molar-refractivity contribution in [2.24, 2.45) is 145 Å². The molecule has 19 heteroatoms. The molecule has 14 atom stereocenters. The lowest BCUT2D eigenvalue weighted by Gasteiger charge is -2.44. The topological polar surface area (TPSA) is 147 Å². The van der Waals surface area contributed by atoms with Crippen LogP contribution in [0.4, 0.5) is 23.1 Å². The van der Waals surface area contributed by atoms with E-state index in [2.05, 4.69) is 137 Å².